The van der Waals surface area contributed by atoms with Crippen molar-refractivity contribution in [3.63, 3.8) is 0 Å². The summed E-state index contributed by atoms with van der Waals surface area (Å²) in [6.45, 7) is 8.31. The van der Waals surface area contributed by atoms with Gasteiger partial charge in [-0.05, 0) is 68.1 Å². The van der Waals surface area contributed by atoms with Crippen LogP contribution in [0.4, 0.5) is 0 Å². The second-order valence-corrected chi connectivity index (χ2v) is 9.50. The minimum absolute atomic E-state index is 0.107. The average Bonchev–Trinajstić information content (AvgIpc) is 3.33. The van der Waals surface area contributed by atoms with Crippen LogP contribution in [0.2, 0.25) is 0 Å². The van der Waals surface area contributed by atoms with Crippen molar-refractivity contribution < 1.29 is 14.6 Å². The number of aromatic amines is 1. The molecule has 0 amide bonds. The van der Waals surface area contributed by atoms with Crippen molar-refractivity contribution in [2.24, 2.45) is 0 Å². The molecule has 0 unspecified atom stereocenters. The molecule has 0 saturated carbocycles. The molecule has 2 aromatic carbocycles. The molecule has 174 valence electrons. The first-order valence-corrected chi connectivity index (χ1v) is 11.9. The smallest absolute Gasteiger partial charge is 0.335 e. The molecule has 3 heterocycles. The van der Waals surface area contributed by atoms with E-state index in [4.69, 9.17) is 4.74 Å². The van der Waals surface area contributed by atoms with Crippen molar-refractivity contribution in [3.05, 3.63) is 64.8 Å². The third kappa shape index (κ3) is 3.62. The third-order valence-electron chi connectivity index (χ3n) is 8.00. The van der Waals surface area contributed by atoms with Gasteiger partial charge in [-0.25, -0.2) is 4.79 Å². The molecule has 2 aliphatic rings. The van der Waals surface area contributed by atoms with Crippen LogP contribution in [0.25, 0.3) is 10.9 Å². The van der Waals surface area contributed by atoms with E-state index in [0.29, 0.717) is 11.6 Å². The second-order valence-electron chi connectivity index (χ2n) is 9.50. The van der Waals surface area contributed by atoms with E-state index in [2.05, 4.69) is 40.8 Å². The summed E-state index contributed by atoms with van der Waals surface area (Å²) in [5.41, 5.74) is 5.03. The molecule has 2 fully saturated rings. The van der Waals surface area contributed by atoms with Crippen LogP contribution in [-0.4, -0.2) is 58.6 Å². The lowest BCUT2D eigenvalue weighted by Crippen LogP contribution is -2.61. The maximum Gasteiger partial charge on any atom is 0.335 e. The Hall–Kier alpha value is -2.83. The van der Waals surface area contributed by atoms with Gasteiger partial charge in [0.2, 0.25) is 0 Å². The molecule has 0 aliphatic carbocycles. The first kappa shape index (κ1) is 22.0. The Bertz CT molecular complexity index is 1170. The number of nitrogens with one attached hydrogen (secondary N) is 1. The van der Waals surface area contributed by atoms with Crippen molar-refractivity contribution in [1.82, 2.24) is 14.8 Å². The molecule has 5 rings (SSSR count). The number of aromatic nitrogens is 1. The Morgan fingerprint density at radius 2 is 2.03 bits per heavy atom. The molecule has 2 saturated heterocycles. The summed E-state index contributed by atoms with van der Waals surface area (Å²) in [6.07, 6.45) is 5.26. The zero-order valence-electron chi connectivity index (χ0n) is 19.7. The number of hydrogen-bond donors (Lipinski definition) is 2. The summed E-state index contributed by atoms with van der Waals surface area (Å²) in [5.74, 6) is 0.0570. The quantitative estimate of drug-likeness (QED) is 0.570. The first-order valence-electron chi connectivity index (χ1n) is 11.9. The largest absolute Gasteiger partial charge is 0.496 e. The Kier molecular flexibility index (Phi) is 5.67. The molecule has 2 bridgehead atoms. The van der Waals surface area contributed by atoms with Gasteiger partial charge in [-0.2, -0.15) is 0 Å². The predicted octanol–water partition coefficient (Wildman–Crippen LogP) is 4.77. The van der Waals surface area contributed by atoms with E-state index < -0.39 is 5.97 Å². The van der Waals surface area contributed by atoms with E-state index in [0.717, 1.165) is 51.2 Å². The maximum atomic E-state index is 11.5. The van der Waals surface area contributed by atoms with Gasteiger partial charge in [0.25, 0.3) is 0 Å². The lowest BCUT2D eigenvalue weighted by molar-refractivity contribution is -0.0585. The zero-order chi connectivity index (χ0) is 23.2. The highest BCUT2D eigenvalue weighted by Gasteiger charge is 2.48. The third-order valence-corrected chi connectivity index (χ3v) is 8.00. The number of hydrogen-bond acceptors (Lipinski definition) is 4. The minimum atomic E-state index is -0.877. The summed E-state index contributed by atoms with van der Waals surface area (Å²) in [4.78, 5) is 20.1. The molecule has 6 nitrogen and oxygen atoms in total. The number of carboxylic acids is 1. The number of ether oxygens (including phenoxy) is 1. The Labute approximate surface area is 195 Å². The lowest BCUT2D eigenvalue weighted by Gasteiger charge is -2.56. The number of benzene rings is 2. The fourth-order valence-corrected chi connectivity index (χ4v) is 6.21. The van der Waals surface area contributed by atoms with E-state index in [1.165, 1.54) is 27.6 Å². The number of aryl methyl sites for hydroxylation is 1. The van der Waals surface area contributed by atoms with Gasteiger partial charge < -0.3 is 19.7 Å². The fourth-order valence-electron chi connectivity index (χ4n) is 6.21. The van der Waals surface area contributed by atoms with Crippen LogP contribution in [0.5, 0.6) is 5.75 Å². The molecule has 2 aliphatic heterocycles. The number of aromatic carboxylic acids is 1. The number of methoxy groups -OCH3 is 1. The van der Waals surface area contributed by atoms with Gasteiger partial charge in [0, 0.05) is 53.9 Å². The molecule has 2 N–H and O–H groups in total. The van der Waals surface area contributed by atoms with Gasteiger partial charge in [-0.1, -0.05) is 19.1 Å². The molecule has 33 heavy (non-hydrogen) atoms. The number of likely N-dealkylation sites (tertiary alicyclic amines) is 2. The highest BCUT2D eigenvalue weighted by molar-refractivity contribution is 5.88. The summed E-state index contributed by atoms with van der Waals surface area (Å²) >= 11 is 0. The topological polar surface area (TPSA) is 68.8 Å². The second kappa shape index (κ2) is 8.50. The molecular weight excluding hydrogens is 414 g/mol. The van der Waals surface area contributed by atoms with Gasteiger partial charge in [0.05, 0.1) is 12.7 Å². The van der Waals surface area contributed by atoms with E-state index in [-0.39, 0.29) is 5.54 Å². The van der Waals surface area contributed by atoms with E-state index in [1.807, 2.05) is 18.3 Å². The molecule has 0 radical (unpaired) electrons. The van der Waals surface area contributed by atoms with Gasteiger partial charge in [0.15, 0.2) is 0 Å². The fraction of sp³-hybridized carbons (Fsp3) is 0.444. The Balaban J connectivity index is 1.58. The summed E-state index contributed by atoms with van der Waals surface area (Å²) in [7, 11) is 1.75. The van der Waals surface area contributed by atoms with Crippen molar-refractivity contribution in [2.75, 3.05) is 26.7 Å². The van der Waals surface area contributed by atoms with E-state index in [9.17, 15) is 9.90 Å². The Morgan fingerprint density at radius 1 is 1.24 bits per heavy atom. The molecular formula is C27H33N3O3. The van der Waals surface area contributed by atoms with Crippen LogP contribution in [-0.2, 0) is 12.1 Å². The van der Waals surface area contributed by atoms with E-state index >= 15 is 0 Å². The standard InChI is InChI=1S/C27H33N3O3/c1-4-29-14-11-27(20-7-5-19(6-8-20)26(31)32)16-21(29)10-13-30(27)17-23-22-9-12-28-25(22)18(2)15-24(23)33-3/h5-9,12,15,21,28H,4,10-11,13-14,16-17H2,1-3H3,(H,31,32)/t21-,27-/m0/s1. The van der Waals surface area contributed by atoms with Crippen LogP contribution >= 0.6 is 0 Å². The first-order chi connectivity index (χ1) is 16.0. The number of fused-ring (bicyclic) bond motifs is 3. The molecule has 3 aromatic rings. The minimum Gasteiger partial charge on any atom is -0.496 e. The molecule has 1 aromatic heterocycles. The Morgan fingerprint density at radius 3 is 2.73 bits per heavy atom. The van der Waals surface area contributed by atoms with Gasteiger partial charge in [0.1, 0.15) is 5.75 Å². The van der Waals surface area contributed by atoms with Gasteiger partial charge in [-0.3, -0.25) is 4.90 Å². The van der Waals surface area contributed by atoms with Crippen molar-refractivity contribution in [1.29, 1.82) is 0 Å². The number of rotatable bonds is 6. The number of carbonyl (C=O) groups is 1. The van der Waals surface area contributed by atoms with Crippen LogP contribution in [0, 0.1) is 6.92 Å². The monoisotopic (exact) mass is 447 g/mol. The van der Waals surface area contributed by atoms with Crippen LogP contribution in [0.3, 0.4) is 0 Å². The van der Waals surface area contributed by atoms with Crippen LogP contribution < -0.4 is 4.74 Å². The lowest BCUT2D eigenvalue weighted by atomic mass is 9.72. The number of nitrogens with zero attached hydrogens (tertiary/aromatic N) is 2. The highest BCUT2D eigenvalue weighted by Crippen LogP contribution is 2.47. The number of piperidine rings is 2. The number of carboxylic acid groups (broad SMARTS) is 1. The van der Waals surface area contributed by atoms with Crippen molar-refractivity contribution in [3.8, 4) is 5.75 Å². The summed E-state index contributed by atoms with van der Waals surface area (Å²) in [6, 6.07) is 12.5. The molecule has 6 heteroatoms. The summed E-state index contributed by atoms with van der Waals surface area (Å²) < 4.78 is 5.85. The molecule has 2 atom stereocenters. The average molecular weight is 448 g/mol. The van der Waals surface area contributed by atoms with Crippen LogP contribution in [0.1, 0.15) is 53.2 Å². The maximum absolute atomic E-state index is 11.5. The highest BCUT2D eigenvalue weighted by atomic mass is 16.5. The van der Waals surface area contributed by atoms with Gasteiger partial charge >= 0.3 is 5.97 Å². The van der Waals surface area contributed by atoms with E-state index in [1.54, 1.807) is 19.2 Å². The number of H-pyrrole nitrogens is 1. The van der Waals surface area contributed by atoms with Gasteiger partial charge in [-0.15, -0.1) is 0 Å². The van der Waals surface area contributed by atoms with Crippen molar-refractivity contribution >= 4 is 16.9 Å². The van der Waals surface area contributed by atoms with Crippen LogP contribution in [0.15, 0.2) is 42.6 Å². The molecule has 0 spiro atoms. The zero-order valence-corrected chi connectivity index (χ0v) is 19.7. The normalized spacial score (nSPS) is 23.7. The van der Waals surface area contributed by atoms with Crippen molar-refractivity contribution in [2.45, 2.75) is 51.2 Å². The SMILES string of the molecule is CCN1CC[C@@]2(c3ccc(C(=O)O)cc3)C[C@@H]1CCN2Cc1c(OC)cc(C)c2[nH]ccc12. The summed E-state index contributed by atoms with van der Waals surface area (Å²) in [5, 5.41) is 10.6. The predicted molar refractivity (Wildman–Crippen MR) is 130 cm³/mol.